The molecule has 0 unspecified atom stereocenters. The van der Waals surface area contributed by atoms with E-state index in [0.717, 1.165) is 0 Å². The Kier molecular flexibility index (Phi) is 6.21. The van der Waals surface area contributed by atoms with Crippen molar-refractivity contribution in [2.75, 3.05) is 11.9 Å². The molecule has 0 fully saturated rings. The first kappa shape index (κ1) is 17.8. The highest BCUT2D eigenvalue weighted by atomic mass is 35.5. The summed E-state index contributed by atoms with van der Waals surface area (Å²) in [6, 6.07) is 13.4. The summed E-state index contributed by atoms with van der Waals surface area (Å²) >= 11 is 5.88. The first-order chi connectivity index (χ1) is 11.5. The van der Waals surface area contributed by atoms with E-state index >= 15 is 0 Å². The maximum Gasteiger partial charge on any atom is 0.338 e. The van der Waals surface area contributed by atoms with Gasteiger partial charge in [0.05, 0.1) is 12.2 Å². The molecule has 0 spiro atoms. The highest BCUT2D eigenvalue weighted by Crippen LogP contribution is 2.18. The third-order valence-electron chi connectivity index (χ3n) is 3.12. The van der Waals surface area contributed by atoms with Crippen LogP contribution in [0.1, 0.15) is 24.2 Å². The summed E-state index contributed by atoms with van der Waals surface area (Å²) in [5.41, 5.74) is 0.958. The Bertz CT molecular complexity index is 732. The predicted octanol–water partition coefficient (Wildman–Crippen LogP) is 3.92. The molecule has 0 aromatic heterocycles. The van der Waals surface area contributed by atoms with Crippen molar-refractivity contribution in [2.24, 2.45) is 0 Å². The summed E-state index contributed by atoms with van der Waals surface area (Å²) in [4.78, 5) is 23.9. The molecule has 0 saturated carbocycles. The minimum atomic E-state index is -0.749. The van der Waals surface area contributed by atoms with Crippen LogP contribution < -0.4 is 10.1 Å². The third kappa shape index (κ3) is 4.99. The van der Waals surface area contributed by atoms with Crippen LogP contribution in [0.2, 0.25) is 5.02 Å². The zero-order valence-electron chi connectivity index (χ0n) is 13.4. The van der Waals surface area contributed by atoms with Gasteiger partial charge in [-0.15, -0.1) is 0 Å². The normalized spacial score (nSPS) is 11.5. The molecular formula is C18H18ClNO4. The van der Waals surface area contributed by atoms with E-state index in [0.29, 0.717) is 28.6 Å². The molecule has 2 aromatic carbocycles. The second-order valence-electron chi connectivity index (χ2n) is 5.01. The molecule has 1 amide bonds. The Morgan fingerprint density at radius 2 is 1.92 bits per heavy atom. The van der Waals surface area contributed by atoms with Crippen LogP contribution in [0.4, 0.5) is 5.69 Å². The van der Waals surface area contributed by atoms with Gasteiger partial charge in [0, 0.05) is 10.7 Å². The highest BCUT2D eigenvalue weighted by molar-refractivity contribution is 6.30. The molecular weight excluding hydrogens is 330 g/mol. The molecule has 1 atom stereocenters. The van der Waals surface area contributed by atoms with Gasteiger partial charge < -0.3 is 14.8 Å². The van der Waals surface area contributed by atoms with E-state index in [-0.39, 0.29) is 5.91 Å². The third-order valence-corrected chi connectivity index (χ3v) is 3.35. The topological polar surface area (TPSA) is 64.6 Å². The number of carbonyl (C=O) groups is 2. The van der Waals surface area contributed by atoms with E-state index in [4.69, 9.17) is 21.1 Å². The molecule has 0 heterocycles. The monoisotopic (exact) mass is 347 g/mol. The van der Waals surface area contributed by atoms with Gasteiger partial charge in [0.2, 0.25) is 0 Å². The van der Waals surface area contributed by atoms with Crippen molar-refractivity contribution in [3.8, 4) is 5.75 Å². The number of esters is 1. The first-order valence-electron chi connectivity index (χ1n) is 7.50. The van der Waals surface area contributed by atoms with Crippen molar-refractivity contribution in [3.63, 3.8) is 0 Å². The summed E-state index contributed by atoms with van der Waals surface area (Å²) < 4.78 is 10.5. The largest absolute Gasteiger partial charge is 0.481 e. The van der Waals surface area contributed by atoms with Crippen molar-refractivity contribution in [1.82, 2.24) is 0 Å². The van der Waals surface area contributed by atoms with Crippen molar-refractivity contribution in [3.05, 3.63) is 59.1 Å². The maximum absolute atomic E-state index is 12.2. The SMILES string of the molecule is CCOC(=O)c1cccc(O[C@@H](C)C(=O)Nc2cccc(Cl)c2)c1. The van der Waals surface area contributed by atoms with E-state index in [1.807, 2.05) is 0 Å². The molecule has 24 heavy (non-hydrogen) atoms. The van der Waals surface area contributed by atoms with Gasteiger partial charge in [-0.1, -0.05) is 23.7 Å². The lowest BCUT2D eigenvalue weighted by Crippen LogP contribution is -2.30. The summed E-state index contributed by atoms with van der Waals surface area (Å²) in [5.74, 6) is -0.341. The molecule has 2 rings (SSSR count). The van der Waals surface area contributed by atoms with Crippen LogP contribution in [0, 0.1) is 0 Å². The Hall–Kier alpha value is -2.53. The van der Waals surface area contributed by atoms with E-state index < -0.39 is 12.1 Å². The predicted molar refractivity (Wildman–Crippen MR) is 92.6 cm³/mol. The fraction of sp³-hybridized carbons (Fsp3) is 0.222. The molecule has 0 aliphatic rings. The van der Waals surface area contributed by atoms with Crippen LogP contribution in [-0.2, 0) is 9.53 Å². The van der Waals surface area contributed by atoms with Crippen molar-refractivity contribution >= 4 is 29.2 Å². The average molecular weight is 348 g/mol. The average Bonchev–Trinajstić information content (AvgIpc) is 2.55. The fourth-order valence-electron chi connectivity index (χ4n) is 1.98. The van der Waals surface area contributed by atoms with Crippen molar-refractivity contribution < 1.29 is 19.1 Å². The van der Waals surface area contributed by atoms with Crippen molar-refractivity contribution in [2.45, 2.75) is 20.0 Å². The number of hydrogen-bond acceptors (Lipinski definition) is 4. The number of carbonyl (C=O) groups excluding carboxylic acids is 2. The summed E-state index contributed by atoms with van der Waals surface area (Å²) in [6.45, 7) is 3.65. The Balaban J connectivity index is 2.01. The van der Waals surface area contributed by atoms with Crippen LogP contribution in [0.3, 0.4) is 0 Å². The molecule has 5 nitrogen and oxygen atoms in total. The molecule has 0 saturated heterocycles. The number of benzene rings is 2. The molecule has 0 bridgehead atoms. The molecule has 0 aliphatic carbocycles. The van der Waals surface area contributed by atoms with E-state index in [2.05, 4.69) is 5.32 Å². The number of rotatable bonds is 6. The number of anilines is 1. The van der Waals surface area contributed by atoms with Gasteiger partial charge in [0.1, 0.15) is 5.75 Å². The van der Waals surface area contributed by atoms with Gasteiger partial charge in [-0.2, -0.15) is 0 Å². The smallest absolute Gasteiger partial charge is 0.338 e. The molecule has 2 aromatic rings. The molecule has 126 valence electrons. The fourth-order valence-corrected chi connectivity index (χ4v) is 2.17. The molecule has 1 N–H and O–H groups in total. The number of nitrogens with one attached hydrogen (secondary N) is 1. The van der Waals surface area contributed by atoms with E-state index in [1.54, 1.807) is 62.4 Å². The second-order valence-corrected chi connectivity index (χ2v) is 5.44. The van der Waals surface area contributed by atoms with Crippen LogP contribution in [0.15, 0.2) is 48.5 Å². The lowest BCUT2D eigenvalue weighted by molar-refractivity contribution is -0.122. The summed E-state index contributed by atoms with van der Waals surface area (Å²) in [7, 11) is 0. The molecule has 0 radical (unpaired) electrons. The van der Waals surface area contributed by atoms with Crippen LogP contribution >= 0.6 is 11.6 Å². The zero-order valence-corrected chi connectivity index (χ0v) is 14.2. The summed E-state index contributed by atoms with van der Waals surface area (Å²) in [5, 5.41) is 3.25. The number of halogens is 1. The van der Waals surface area contributed by atoms with Gasteiger partial charge in [-0.3, -0.25) is 4.79 Å². The maximum atomic E-state index is 12.2. The minimum Gasteiger partial charge on any atom is -0.481 e. The van der Waals surface area contributed by atoms with Crippen LogP contribution in [0.5, 0.6) is 5.75 Å². The Labute approximate surface area is 145 Å². The van der Waals surface area contributed by atoms with E-state index in [9.17, 15) is 9.59 Å². The Morgan fingerprint density at radius 1 is 1.17 bits per heavy atom. The van der Waals surface area contributed by atoms with Gasteiger partial charge in [0.15, 0.2) is 6.10 Å². The van der Waals surface area contributed by atoms with Gasteiger partial charge in [-0.05, 0) is 50.2 Å². The zero-order chi connectivity index (χ0) is 17.5. The lowest BCUT2D eigenvalue weighted by Gasteiger charge is -2.15. The number of amides is 1. The summed E-state index contributed by atoms with van der Waals surface area (Å²) in [6.07, 6.45) is -0.749. The van der Waals surface area contributed by atoms with Crippen LogP contribution in [-0.4, -0.2) is 24.6 Å². The van der Waals surface area contributed by atoms with Gasteiger partial charge >= 0.3 is 5.97 Å². The van der Waals surface area contributed by atoms with E-state index in [1.165, 1.54) is 0 Å². The van der Waals surface area contributed by atoms with Gasteiger partial charge in [-0.25, -0.2) is 4.79 Å². The lowest BCUT2D eigenvalue weighted by atomic mass is 10.2. The second kappa shape index (κ2) is 8.36. The van der Waals surface area contributed by atoms with Gasteiger partial charge in [0.25, 0.3) is 5.91 Å². The van der Waals surface area contributed by atoms with Crippen LogP contribution in [0.25, 0.3) is 0 Å². The van der Waals surface area contributed by atoms with Crippen molar-refractivity contribution in [1.29, 1.82) is 0 Å². The first-order valence-corrected chi connectivity index (χ1v) is 7.87. The number of ether oxygens (including phenoxy) is 2. The molecule has 0 aliphatic heterocycles. The minimum absolute atomic E-state index is 0.294. The highest BCUT2D eigenvalue weighted by Gasteiger charge is 2.16. The molecule has 6 heteroatoms. The quantitative estimate of drug-likeness (QED) is 0.804. The number of hydrogen-bond donors (Lipinski definition) is 1. The standard InChI is InChI=1S/C18H18ClNO4/c1-3-23-18(22)13-6-4-9-16(10-13)24-12(2)17(21)20-15-8-5-7-14(19)11-15/h4-12H,3H2,1-2H3,(H,20,21)/t12-/m0/s1. The Morgan fingerprint density at radius 3 is 2.62 bits per heavy atom.